The summed E-state index contributed by atoms with van der Waals surface area (Å²) in [6, 6.07) is 11.0. The molecule has 7 heteroatoms. The summed E-state index contributed by atoms with van der Waals surface area (Å²) in [7, 11) is 0. The second-order valence-corrected chi connectivity index (χ2v) is 7.65. The van der Waals surface area contributed by atoms with E-state index in [1.165, 1.54) is 11.3 Å². The first-order chi connectivity index (χ1) is 12.6. The predicted octanol–water partition coefficient (Wildman–Crippen LogP) is 2.86. The minimum Gasteiger partial charge on any atom is -0.351 e. The van der Waals surface area contributed by atoms with Gasteiger partial charge < -0.3 is 10.2 Å². The predicted molar refractivity (Wildman–Crippen MR) is 105 cm³/mol. The number of amides is 2. The van der Waals surface area contributed by atoms with Gasteiger partial charge in [-0.1, -0.05) is 35.9 Å². The molecule has 1 saturated heterocycles. The Bertz CT molecular complexity index is 758. The maximum atomic E-state index is 12.5. The van der Waals surface area contributed by atoms with Crippen LogP contribution in [0.3, 0.4) is 0 Å². The van der Waals surface area contributed by atoms with Crippen LogP contribution in [-0.4, -0.2) is 53.8 Å². The van der Waals surface area contributed by atoms with Gasteiger partial charge in [0.15, 0.2) is 0 Å². The average molecular weight is 392 g/mol. The zero-order valence-corrected chi connectivity index (χ0v) is 16.2. The van der Waals surface area contributed by atoms with Gasteiger partial charge in [-0.05, 0) is 30.0 Å². The summed E-state index contributed by atoms with van der Waals surface area (Å²) < 4.78 is 0. The van der Waals surface area contributed by atoms with Crippen molar-refractivity contribution in [3.63, 3.8) is 0 Å². The molecule has 1 aromatic carbocycles. The van der Waals surface area contributed by atoms with E-state index in [1.54, 1.807) is 0 Å². The van der Waals surface area contributed by atoms with Crippen LogP contribution in [0.4, 0.5) is 0 Å². The molecule has 0 spiro atoms. The molecule has 0 bridgehead atoms. The van der Waals surface area contributed by atoms with Gasteiger partial charge >= 0.3 is 0 Å². The lowest BCUT2D eigenvalue weighted by Crippen LogP contribution is -2.54. The van der Waals surface area contributed by atoms with Crippen molar-refractivity contribution in [1.82, 2.24) is 15.1 Å². The second kappa shape index (κ2) is 8.66. The zero-order chi connectivity index (χ0) is 18.5. The molecule has 1 aliphatic heterocycles. The monoisotopic (exact) mass is 391 g/mol. The molecule has 1 aromatic heterocycles. The molecule has 2 aromatic rings. The van der Waals surface area contributed by atoms with Crippen LogP contribution in [0, 0.1) is 0 Å². The number of hydrogen-bond donors (Lipinski definition) is 1. The highest BCUT2D eigenvalue weighted by Gasteiger charge is 2.28. The van der Waals surface area contributed by atoms with Gasteiger partial charge in [0.2, 0.25) is 5.91 Å². The quantitative estimate of drug-likeness (QED) is 0.852. The van der Waals surface area contributed by atoms with Crippen LogP contribution in [0.25, 0.3) is 0 Å². The standard InChI is InChI=1S/C19H22ClN3O2S/c1-14(18(24)21-13-15-5-2-3-6-16(15)20)22-8-10-23(11-9-22)19(25)17-7-4-12-26-17/h2-7,12,14H,8-11,13H2,1H3,(H,21,24). The molecule has 1 atom stereocenters. The minimum absolute atomic E-state index is 0.0250. The molecule has 0 aliphatic carbocycles. The van der Waals surface area contributed by atoms with Gasteiger partial charge in [-0.2, -0.15) is 0 Å². The summed E-state index contributed by atoms with van der Waals surface area (Å²) in [6.45, 7) is 4.98. The largest absolute Gasteiger partial charge is 0.351 e. The summed E-state index contributed by atoms with van der Waals surface area (Å²) in [5.74, 6) is 0.0541. The SMILES string of the molecule is CC(C(=O)NCc1ccccc1Cl)N1CCN(C(=O)c2cccs2)CC1. The van der Waals surface area contributed by atoms with E-state index >= 15 is 0 Å². The first-order valence-electron chi connectivity index (χ1n) is 8.64. The van der Waals surface area contributed by atoms with Crippen molar-refractivity contribution in [2.45, 2.75) is 19.5 Å². The lowest BCUT2D eigenvalue weighted by atomic mass is 10.2. The Hall–Kier alpha value is -1.89. The zero-order valence-electron chi connectivity index (χ0n) is 14.7. The fraction of sp³-hybridized carbons (Fsp3) is 0.368. The van der Waals surface area contributed by atoms with Gasteiger partial charge in [0.05, 0.1) is 10.9 Å². The Morgan fingerprint density at radius 2 is 1.88 bits per heavy atom. The first-order valence-corrected chi connectivity index (χ1v) is 9.90. The minimum atomic E-state index is -0.239. The number of nitrogens with zero attached hydrogens (tertiary/aromatic N) is 2. The lowest BCUT2D eigenvalue weighted by Gasteiger charge is -2.37. The number of benzene rings is 1. The van der Waals surface area contributed by atoms with Crippen molar-refractivity contribution in [2.24, 2.45) is 0 Å². The number of piperazine rings is 1. The molecule has 138 valence electrons. The molecule has 0 saturated carbocycles. The summed E-state index contributed by atoms with van der Waals surface area (Å²) in [6.07, 6.45) is 0. The van der Waals surface area contributed by atoms with Gasteiger partial charge in [-0.3, -0.25) is 14.5 Å². The summed E-state index contributed by atoms with van der Waals surface area (Å²) in [5.41, 5.74) is 0.904. The average Bonchev–Trinajstić information content (AvgIpc) is 3.21. The Morgan fingerprint density at radius 3 is 2.54 bits per heavy atom. The van der Waals surface area contributed by atoms with E-state index in [4.69, 9.17) is 11.6 Å². The van der Waals surface area contributed by atoms with E-state index in [0.29, 0.717) is 37.7 Å². The smallest absolute Gasteiger partial charge is 0.264 e. The van der Waals surface area contributed by atoms with Crippen LogP contribution in [0.2, 0.25) is 5.02 Å². The Kier molecular flexibility index (Phi) is 6.29. The summed E-state index contributed by atoms with van der Waals surface area (Å²) in [5, 5.41) is 5.51. The Balaban J connectivity index is 1.48. The highest BCUT2D eigenvalue weighted by molar-refractivity contribution is 7.12. The summed E-state index contributed by atoms with van der Waals surface area (Å²) >= 11 is 7.59. The number of halogens is 1. The number of nitrogens with one attached hydrogen (secondary N) is 1. The first kappa shape index (κ1) is 18.9. The van der Waals surface area contributed by atoms with Crippen molar-refractivity contribution in [1.29, 1.82) is 0 Å². The molecule has 26 heavy (non-hydrogen) atoms. The molecular weight excluding hydrogens is 370 g/mol. The second-order valence-electron chi connectivity index (χ2n) is 6.29. The van der Waals surface area contributed by atoms with Crippen LogP contribution in [0.1, 0.15) is 22.2 Å². The van der Waals surface area contributed by atoms with Crippen molar-refractivity contribution in [3.8, 4) is 0 Å². The Labute approximate surface area is 162 Å². The number of carbonyl (C=O) groups excluding carboxylic acids is 2. The highest BCUT2D eigenvalue weighted by Crippen LogP contribution is 2.16. The fourth-order valence-corrected chi connectivity index (χ4v) is 3.90. The van der Waals surface area contributed by atoms with Crippen LogP contribution in [-0.2, 0) is 11.3 Å². The number of rotatable bonds is 5. The van der Waals surface area contributed by atoms with Gasteiger partial charge in [0.25, 0.3) is 5.91 Å². The van der Waals surface area contributed by atoms with E-state index < -0.39 is 0 Å². The normalized spacial score (nSPS) is 16.3. The van der Waals surface area contributed by atoms with Crippen LogP contribution < -0.4 is 5.32 Å². The molecular formula is C19H22ClN3O2S. The van der Waals surface area contributed by atoms with Crippen LogP contribution >= 0.6 is 22.9 Å². The van der Waals surface area contributed by atoms with E-state index in [1.807, 2.05) is 53.6 Å². The van der Waals surface area contributed by atoms with Gasteiger partial charge in [-0.15, -0.1) is 11.3 Å². The molecule has 0 radical (unpaired) electrons. The highest BCUT2D eigenvalue weighted by atomic mass is 35.5. The molecule has 1 N–H and O–H groups in total. The topological polar surface area (TPSA) is 52.7 Å². The maximum Gasteiger partial charge on any atom is 0.264 e. The van der Waals surface area contributed by atoms with Crippen molar-refractivity contribution < 1.29 is 9.59 Å². The molecule has 3 rings (SSSR count). The van der Waals surface area contributed by atoms with Crippen molar-refractivity contribution in [2.75, 3.05) is 26.2 Å². The van der Waals surface area contributed by atoms with Crippen LogP contribution in [0.5, 0.6) is 0 Å². The number of carbonyl (C=O) groups is 2. The number of thiophene rings is 1. The molecule has 1 fully saturated rings. The lowest BCUT2D eigenvalue weighted by molar-refractivity contribution is -0.126. The fourth-order valence-electron chi connectivity index (χ4n) is 3.01. The van der Waals surface area contributed by atoms with E-state index in [9.17, 15) is 9.59 Å². The molecule has 1 aliphatic rings. The number of hydrogen-bond acceptors (Lipinski definition) is 4. The van der Waals surface area contributed by atoms with Crippen molar-refractivity contribution >= 4 is 34.8 Å². The molecule has 2 heterocycles. The maximum absolute atomic E-state index is 12.5. The summed E-state index contributed by atoms with van der Waals surface area (Å²) in [4.78, 5) is 29.6. The van der Waals surface area contributed by atoms with Crippen LogP contribution in [0.15, 0.2) is 41.8 Å². The van der Waals surface area contributed by atoms with Gasteiger partial charge in [0.1, 0.15) is 0 Å². The van der Waals surface area contributed by atoms with Gasteiger partial charge in [0, 0.05) is 37.7 Å². The molecule has 2 amide bonds. The molecule has 1 unspecified atom stereocenters. The van der Waals surface area contributed by atoms with E-state index in [2.05, 4.69) is 10.2 Å². The van der Waals surface area contributed by atoms with E-state index in [0.717, 1.165) is 10.4 Å². The van der Waals surface area contributed by atoms with Crippen molar-refractivity contribution in [3.05, 3.63) is 57.2 Å². The molecule has 5 nitrogen and oxygen atoms in total. The Morgan fingerprint density at radius 1 is 1.15 bits per heavy atom. The van der Waals surface area contributed by atoms with Gasteiger partial charge in [-0.25, -0.2) is 0 Å². The third-order valence-electron chi connectivity index (χ3n) is 4.67. The van der Waals surface area contributed by atoms with E-state index in [-0.39, 0.29) is 17.9 Å². The third kappa shape index (κ3) is 4.44. The third-order valence-corrected chi connectivity index (χ3v) is 5.90.